The van der Waals surface area contributed by atoms with Crippen LogP contribution in [0.4, 0.5) is 5.82 Å². The summed E-state index contributed by atoms with van der Waals surface area (Å²) in [5.74, 6) is 0.961. The second-order valence-electron chi connectivity index (χ2n) is 3.72. The highest BCUT2D eigenvalue weighted by atomic mass is 16.1. The Morgan fingerprint density at radius 1 is 1.33 bits per heavy atom. The lowest BCUT2D eigenvalue weighted by atomic mass is 10.3. The molecule has 0 saturated heterocycles. The predicted octanol–water partition coefficient (Wildman–Crippen LogP) is 0.144. The van der Waals surface area contributed by atoms with E-state index in [-0.39, 0.29) is 11.6 Å². The lowest BCUT2D eigenvalue weighted by molar-refractivity contribution is 0.0948. The first kappa shape index (κ1) is 12.0. The van der Waals surface area contributed by atoms with Crippen molar-refractivity contribution in [1.82, 2.24) is 25.3 Å². The van der Waals surface area contributed by atoms with Gasteiger partial charge in [0.25, 0.3) is 5.91 Å². The molecule has 0 fully saturated rings. The van der Waals surface area contributed by atoms with E-state index >= 15 is 0 Å². The molecule has 0 spiro atoms. The quantitative estimate of drug-likeness (QED) is 0.650. The molecule has 0 aliphatic heterocycles. The number of amides is 1. The molecule has 0 aliphatic carbocycles. The van der Waals surface area contributed by atoms with Crippen LogP contribution in [0.25, 0.3) is 0 Å². The number of nitrogens with two attached hydrogens (primary N) is 1. The number of anilines is 1. The van der Waals surface area contributed by atoms with E-state index in [2.05, 4.69) is 25.3 Å². The molecule has 0 saturated carbocycles. The SMILES string of the molecule is Nc1cnc(C(=O)NCCCc2ncc[nH]2)cn1. The smallest absolute Gasteiger partial charge is 0.271 e. The second-order valence-corrected chi connectivity index (χ2v) is 3.72. The maximum absolute atomic E-state index is 11.6. The van der Waals surface area contributed by atoms with Crippen molar-refractivity contribution in [2.24, 2.45) is 0 Å². The number of aromatic amines is 1. The topological polar surface area (TPSA) is 110 Å². The molecule has 2 heterocycles. The lowest BCUT2D eigenvalue weighted by Crippen LogP contribution is -2.26. The van der Waals surface area contributed by atoms with E-state index in [0.717, 1.165) is 18.7 Å². The molecule has 0 aliphatic rings. The molecular weight excluding hydrogens is 232 g/mol. The zero-order valence-electron chi connectivity index (χ0n) is 9.76. The normalized spacial score (nSPS) is 10.2. The van der Waals surface area contributed by atoms with Gasteiger partial charge in [-0.1, -0.05) is 0 Å². The monoisotopic (exact) mass is 246 g/mol. The van der Waals surface area contributed by atoms with Gasteiger partial charge in [-0.3, -0.25) is 4.79 Å². The Morgan fingerprint density at radius 3 is 2.89 bits per heavy atom. The third kappa shape index (κ3) is 3.27. The number of carbonyl (C=O) groups excluding carboxylic acids is 1. The van der Waals surface area contributed by atoms with Crippen LogP contribution in [-0.4, -0.2) is 32.4 Å². The summed E-state index contributed by atoms with van der Waals surface area (Å²) < 4.78 is 0. The number of nitrogen functional groups attached to an aromatic ring is 1. The van der Waals surface area contributed by atoms with Crippen molar-refractivity contribution in [3.63, 3.8) is 0 Å². The average molecular weight is 246 g/mol. The third-order valence-electron chi connectivity index (χ3n) is 2.34. The van der Waals surface area contributed by atoms with E-state index in [1.165, 1.54) is 12.4 Å². The van der Waals surface area contributed by atoms with Crippen molar-refractivity contribution in [2.75, 3.05) is 12.3 Å². The molecule has 0 radical (unpaired) electrons. The van der Waals surface area contributed by atoms with E-state index < -0.39 is 0 Å². The zero-order chi connectivity index (χ0) is 12.8. The van der Waals surface area contributed by atoms with Crippen molar-refractivity contribution >= 4 is 11.7 Å². The van der Waals surface area contributed by atoms with Gasteiger partial charge in [0, 0.05) is 25.4 Å². The van der Waals surface area contributed by atoms with Crippen molar-refractivity contribution in [3.05, 3.63) is 36.3 Å². The van der Waals surface area contributed by atoms with E-state index in [1.807, 2.05) is 0 Å². The first-order chi connectivity index (χ1) is 8.75. The number of aryl methyl sites for hydroxylation is 1. The van der Waals surface area contributed by atoms with E-state index in [9.17, 15) is 4.79 Å². The highest BCUT2D eigenvalue weighted by Gasteiger charge is 2.06. The standard InChI is InChI=1S/C11H14N6O/c12-9-7-16-8(6-17-9)11(18)15-3-1-2-10-13-4-5-14-10/h4-7H,1-3H2,(H2,12,17)(H,13,14)(H,15,18). The zero-order valence-corrected chi connectivity index (χ0v) is 9.76. The Hall–Kier alpha value is -2.44. The fraction of sp³-hybridized carbons (Fsp3) is 0.273. The average Bonchev–Trinajstić information content (AvgIpc) is 2.88. The molecule has 18 heavy (non-hydrogen) atoms. The minimum Gasteiger partial charge on any atom is -0.382 e. The summed E-state index contributed by atoms with van der Waals surface area (Å²) in [5, 5.41) is 2.76. The van der Waals surface area contributed by atoms with E-state index in [1.54, 1.807) is 12.4 Å². The van der Waals surface area contributed by atoms with Gasteiger partial charge in [0.1, 0.15) is 17.3 Å². The Bertz CT molecular complexity index is 493. The molecule has 7 heteroatoms. The highest BCUT2D eigenvalue weighted by Crippen LogP contribution is 1.97. The molecule has 0 unspecified atom stereocenters. The number of aromatic nitrogens is 4. The van der Waals surface area contributed by atoms with Crippen LogP contribution in [0, 0.1) is 0 Å². The van der Waals surface area contributed by atoms with Crippen molar-refractivity contribution in [1.29, 1.82) is 0 Å². The van der Waals surface area contributed by atoms with Gasteiger partial charge in [-0.15, -0.1) is 0 Å². The fourth-order valence-corrected chi connectivity index (χ4v) is 1.44. The number of nitrogens with zero attached hydrogens (tertiary/aromatic N) is 3. The van der Waals surface area contributed by atoms with Crippen molar-refractivity contribution in [3.8, 4) is 0 Å². The molecule has 7 nitrogen and oxygen atoms in total. The maximum atomic E-state index is 11.6. The molecule has 1 amide bonds. The number of carbonyl (C=O) groups is 1. The molecule has 2 aromatic rings. The van der Waals surface area contributed by atoms with Gasteiger partial charge in [-0.2, -0.15) is 0 Å². The molecular formula is C11H14N6O. The summed E-state index contributed by atoms with van der Waals surface area (Å²) in [5.41, 5.74) is 5.65. The predicted molar refractivity (Wildman–Crippen MR) is 65.7 cm³/mol. The van der Waals surface area contributed by atoms with Crippen LogP contribution in [0.1, 0.15) is 22.7 Å². The first-order valence-corrected chi connectivity index (χ1v) is 5.59. The number of nitrogens with one attached hydrogen (secondary N) is 2. The van der Waals surface area contributed by atoms with Gasteiger partial charge in [0.15, 0.2) is 0 Å². The van der Waals surface area contributed by atoms with Crippen LogP contribution in [0.15, 0.2) is 24.8 Å². The Kier molecular flexibility index (Phi) is 3.85. The van der Waals surface area contributed by atoms with Gasteiger partial charge in [-0.25, -0.2) is 15.0 Å². The first-order valence-electron chi connectivity index (χ1n) is 5.59. The second kappa shape index (κ2) is 5.76. The molecule has 2 rings (SSSR count). The lowest BCUT2D eigenvalue weighted by Gasteiger charge is -2.03. The number of hydrogen-bond acceptors (Lipinski definition) is 5. The molecule has 4 N–H and O–H groups in total. The summed E-state index contributed by atoms with van der Waals surface area (Å²) in [4.78, 5) is 26.4. The largest absolute Gasteiger partial charge is 0.382 e. The Balaban J connectivity index is 1.73. The fourth-order valence-electron chi connectivity index (χ4n) is 1.44. The summed E-state index contributed by atoms with van der Waals surface area (Å²) in [6, 6.07) is 0. The maximum Gasteiger partial charge on any atom is 0.271 e. The number of hydrogen-bond donors (Lipinski definition) is 3. The number of rotatable bonds is 5. The Morgan fingerprint density at radius 2 is 2.22 bits per heavy atom. The highest BCUT2D eigenvalue weighted by molar-refractivity contribution is 5.91. The summed E-state index contributed by atoms with van der Waals surface area (Å²) in [6.07, 6.45) is 7.80. The van der Waals surface area contributed by atoms with Crippen molar-refractivity contribution in [2.45, 2.75) is 12.8 Å². The van der Waals surface area contributed by atoms with Crippen LogP contribution < -0.4 is 11.1 Å². The molecule has 94 valence electrons. The van der Waals surface area contributed by atoms with E-state index in [0.29, 0.717) is 12.4 Å². The Labute approximate surface area is 104 Å². The summed E-state index contributed by atoms with van der Waals surface area (Å²) >= 11 is 0. The van der Waals surface area contributed by atoms with Gasteiger partial charge in [-0.05, 0) is 6.42 Å². The van der Waals surface area contributed by atoms with Crippen LogP contribution in [0.2, 0.25) is 0 Å². The minimum absolute atomic E-state index is 0.248. The molecule has 2 aromatic heterocycles. The summed E-state index contributed by atoms with van der Waals surface area (Å²) in [7, 11) is 0. The minimum atomic E-state index is -0.248. The van der Waals surface area contributed by atoms with Gasteiger partial charge < -0.3 is 16.0 Å². The van der Waals surface area contributed by atoms with Crippen molar-refractivity contribution < 1.29 is 4.79 Å². The van der Waals surface area contributed by atoms with Gasteiger partial charge in [0.2, 0.25) is 0 Å². The molecule has 0 bridgehead atoms. The van der Waals surface area contributed by atoms with E-state index in [4.69, 9.17) is 5.73 Å². The van der Waals surface area contributed by atoms with Gasteiger partial charge in [0.05, 0.1) is 12.4 Å². The number of imidazole rings is 1. The van der Waals surface area contributed by atoms with Crippen LogP contribution in [-0.2, 0) is 6.42 Å². The van der Waals surface area contributed by atoms with Crippen LogP contribution in [0.5, 0.6) is 0 Å². The van der Waals surface area contributed by atoms with Crippen LogP contribution >= 0.6 is 0 Å². The molecule has 0 atom stereocenters. The third-order valence-corrected chi connectivity index (χ3v) is 2.34. The summed E-state index contributed by atoms with van der Waals surface area (Å²) in [6.45, 7) is 0.561. The van der Waals surface area contributed by atoms with Gasteiger partial charge >= 0.3 is 0 Å². The number of H-pyrrole nitrogens is 1. The molecule has 0 aromatic carbocycles. The van der Waals surface area contributed by atoms with Crippen LogP contribution in [0.3, 0.4) is 0 Å².